The number of benzene rings is 2. The molecule has 4 rings (SSSR count). The van der Waals surface area contributed by atoms with Crippen LogP contribution in [0.15, 0.2) is 65.3 Å². The van der Waals surface area contributed by atoms with Crippen molar-refractivity contribution in [3.05, 3.63) is 96.8 Å². The first-order chi connectivity index (χ1) is 15.3. The maximum atomic E-state index is 13.5. The van der Waals surface area contributed by atoms with Crippen LogP contribution in [0.5, 0.6) is 0 Å². The average molecular weight is 514 g/mol. The largest absolute Gasteiger partial charge is 0.278 e. The molecule has 2 aromatic heterocycles. The van der Waals surface area contributed by atoms with Crippen molar-refractivity contribution < 1.29 is 14.6 Å². The Balaban J connectivity index is 1.83. The molecule has 0 bridgehead atoms. The van der Waals surface area contributed by atoms with Gasteiger partial charge in [-0.05, 0) is 30.3 Å². The number of hydrogen-bond acceptors (Lipinski definition) is 8. The Bertz CT molecular complexity index is 1330. The molecule has 2 aromatic carbocycles. The highest BCUT2D eigenvalue weighted by atomic mass is 79.9. The van der Waals surface area contributed by atoms with Crippen LogP contribution in [0, 0.1) is 20.2 Å². The van der Waals surface area contributed by atoms with Crippen molar-refractivity contribution in [1.29, 1.82) is 0 Å². The number of hydrogen-bond donors (Lipinski definition) is 0. The molecule has 2 heterocycles. The van der Waals surface area contributed by atoms with E-state index in [2.05, 4.69) is 25.9 Å². The zero-order chi connectivity index (χ0) is 22.8. The SMILES string of the molecule is O=C(c1cc([N+](=O)[O-])cc([N+](=O)[O-])c1)N(Cc1ccccn1)c1nc2ccc(Br)cc2s1. The van der Waals surface area contributed by atoms with Crippen molar-refractivity contribution in [2.75, 3.05) is 4.90 Å². The number of carbonyl (C=O) groups excluding carboxylic acids is 1. The zero-order valence-corrected chi connectivity index (χ0v) is 18.4. The van der Waals surface area contributed by atoms with E-state index in [0.717, 1.165) is 27.4 Å². The van der Waals surface area contributed by atoms with E-state index in [-0.39, 0.29) is 12.1 Å². The van der Waals surface area contributed by atoms with Crippen molar-refractivity contribution in [2.45, 2.75) is 6.54 Å². The molecule has 10 nitrogen and oxygen atoms in total. The van der Waals surface area contributed by atoms with Gasteiger partial charge in [-0.1, -0.05) is 33.3 Å². The van der Waals surface area contributed by atoms with Gasteiger partial charge in [0.15, 0.2) is 5.13 Å². The smallest absolute Gasteiger partial charge is 0.277 e. The molecule has 0 saturated heterocycles. The van der Waals surface area contributed by atoms with Gasteiger partial charge in [-0.25, -0.2) is 4.98 Å². The second-order valence-electron chi connectivity index (χ2n) is 6.57. The summed E-state index contributed by atoms with van der Waals surface area (Å²) in [5.41, 5.74) is -0.0670. The molecule has 0 N–H and O–H groups in total. The standard InChI is InChI=1S/C20H12BrN5O5S/c21-13-4-5-17-18(9-13)32-20(23-17)24(11-14-3-1-2-6-22-14)19(27)12-7-15(25(28)29)10-16(8-12)26(30)31/h1-10H,11H2. The summed E-state index contributed by atoms with van der Waals surface area (Å²) in [7, 11) is 0. The molecule has 4 aromatic rings. The fraction of sp³-hybridized carbons (Fsp3) is 0.0500. The molecule has 0 unspecified atom stereocenters. The Hall–Kier alpha value is -3.77. The summed E-state index contributed by atoms with van der Waals surface area (Å²) >= 11 is 4.65. The first-order valence-electron chi connectivity index (χ1n) is 9.03. The van der Waals surface area contributed by atoms with Crippen LogP contribution < -0.4 is 4.90 Å². The lowest BCUT2D eigenvalue weighted by Crippen LogP contribution is -2.30. The van der Waals surface area contributed by atoms with E-state index in [1.807, 2.05) is 12.1 Å². The number of nitrogens with zero attached hydrogens (tertiary/aromatic N) is 5. The minimum atomic E-state index is -0.776. The number of anilines is 1. The summed E-state index contributed by atoms with van der Waals surface area (Å²) in [6.07, 6.45) is 1.58. The lowest BCUT2D eigenvalue weighted by molar-refractivity contribution is -0.394. The van der Waals surface area contributed by atoms with E-state index >= 15 is 0 Å². The highest BCUT2D eigenvalue weighted by Crippen LogP contribution is 2.33. The van der Waals surface area contributed by atoms with Crippen molar-refractivity contribution in [3.8, 4) is 0 Å². The Kier molecular flexibility index (Phi) is 5.88. The first kappa shape index (κ1) is 21.5. The molecule has 0 aliphatic carbocycles. The van der Waals surface area contributed by atoms with E-state index in [0.29, 0.717) is 16.3 Å². The predicted molar refractivity (Wildman–Crippen MR) is 122 cm³/mol. The van der Waals surface area contributed by atoms with E-state index in [4.69, 9.17) is 0 Å². The third-order valence-corrected chi connectivity index (χ3v) is 5.97. The Labute approximate surface area is 192 Å². The number of halogens is 1. The van der Waals surface area contributed by atoms with Crippen LogP contribution in [0.1, 0.15) is 16.1 Å². The number of pyridine rings is 1. The normalized spacial score (nSPS) is 10.8. The fourth-order valence-electron chi connectivity index (χ4n) is 2.97. The van der Waals surface area contributed by atoms with Gasteiger partial charge < -0.3 is 0 Å². The summed E-state index contributed by atoms with van der Waals surface area (Å²) in [6.45, 7) is 0.0250. The monoisotopic (exact) mass is 513 g/mol. The number of nitro benzene ring substituents is 2. The van der Waals surface area contributed by atoms with E-state index in [1.165, 1.54) is 16.2 Å². The Morgan fingerprint density at radius 2 is 1.75 bits per heavy atom. The highest BCUT2D eigenvalue weighted by molar-refractivity contribution is 9.10. The topological polar surface area (TPSA) is 132 Å². The third kappa shape index (κ3) is 4.45. The quantitative estimate of drug-likeness (QED) is 0.258. The molecule has 32 heavy (non-hydrogen) atoms. The summed E-state index contributed by atoms with van der Waals surface area (Å²) in [4.78, 5) is 44.5. The summed E-state index contributed by atoms with van der Waals surface area (Å²) in [5.74, 6) is -0.666. The molecule has 0 radical (unpaired) electrons. The van der Waals surface area contributed by atoms with Crippen LogP contribution in [0.2, 0.25) is 0 Å². The van der Waals surface area contributed by atoms with Gasteiger partial charge in [0.25, 0.3) is 17.3 Å². The lowest BCUT2D eigenvalue weighted by Gasteiger charge is -2.19. The van der Waals surface area contributed by atoms with Gasteiger partial charge in [-0.3, -0.25) is 34.9 Å². The minimum Gasteiger partial charge on any atom is -0.278 e. The lowest BCUT2D eigenvalue weighted by atomic mass is 10.1. The first-order valence-corrected chi connectivity index (χ1v) is 10.6. The highest BCUT2D eigenvalue weighted by Gasteiger charge is 2.26. The number of aromatic nitrogens is 2. The zero-order valence-electron chi connectivity index (χ0n) is 16.0. The van der Waals surface area contributed by atoms with Gasteiger partial charge in [0.1, 0.15) is 0 Å². The van der Waals surface area contributed by atoms with Gasteiger partial charge in [0, 0.05) is 22.8 Å². The van der Waals surface area contributed by atoms with Gasteiger partial charge in [0.2, 0.25) is 0 Å². The second kappa shape index (κ2) is 8.77. The second-order valence-corrected chi connectivity index (χ2v) is 8.50. The molecule has 0 aliphatic heterocycles. The number of nitro groups is 2. The molecule has 0 saturated carbocycles. The number of non-ortho nitro benzene ring substituents is 2. The number of carbonyl (C=O) groups is 1. The van der Waals surface area contributed by atoms with E-state index in [1.54, 1.807) is 30.5 Å². The van der Waals surface area contributed by atoms with Crippen molar-refractivity contribution in [2.24, 2.45) is 0 Å². The molecule has 12 heteroatoms. The molecular formula is C20H12BrN5O5S. The van der Waals surface area contributed by atoms with Crippen molar-refractivity contribution in [3.63, 3.8) is 0 Å². The molecule has 160 valence electrons. The predicted octanol–water partition coefficient (Wildman–Crippen LogP) is 5.12. The van der Waals surface area contributed by atoms with Crippen LogP contribution >= 0.6 is 27.3 Å². The molecular weight excluding hydrogens is 502 g/mol. The van der Waals surface area contributed by atoms with Gasteiger partial charge >= 0.3 is 0 Å². The Morgan fingerprint density at radius 3 is 2.38 bits per heavy atom. The maximum absolute atomic E-state index is 13.5. The molecule has 0 aliphatic rings. The van der Waals surface area contributed by atoms with E-state index < -0.39 is 27.1 Å². The van der Waals surface area contributed by atoms with Crippen LogP contribution in [-0.4, -0.2) is 25.7 Å². The van der Waals surface area contributed by atoms with Crippen molar-refractivity contribution in [1.82, 2.24) is 9.97 Å². The molecule has 1 amide bonds. The average Bonchev–Trinajstić information content (AvgIpc) is 3.20. The molecule has 0 atom stereocenters. The van der Waals surface area contributed by atoms with Crippen LogP contribution in [0.4, 0.5) is 16.5 Å². The minimum absolute atomic E-state index is 0.0250. The van der Waals surface area contributed by atoms with Crippen molar-refractivity contribution >= 4 is 59.9 Å². The van der Waals surface area contributed by atoms with Crippen LogP contribution in [0.3, 0.4) is 0 Å². The fourth-order valence-corrected chi connectivity index (χ4v) is 4.48. The summed E-state index contributed by atoms with van der Waals surface area (Å²) in [5, 5.41) is 22.9. The number of fused-ring (bicyclic) bond motifs is 1. The van der Waals surface area contributed by atoms with Gasteiger partial charge in [-0.15, -0.1) is 0 Å². The molecule has 0 fully saturated rings. The van der Waals surface area contributed by atoms with E-state index in [9.17, 15) is 25.0 Å². The third-order valence-electron chi connectivity index (χ3n) is 4.43. The number of rotatable bonds is 6. The maximum Gasteiger partial charge on any atom is 0.277 e. The van der Waals surface area contributed by atoms with Crippen LogP contribution in [0.25, 0.3) is 10.2 Å². The molecule has 0 spiro atoms. The Morgan fingerprint density at radius 1 is 1.03 bits per heavy atom. The van der Waals surface area contributed by atoms with Gasteiger partial charge in [0.05, 0.1) is 43.9 Å². The van der Waals surface area contributed by atoms with Gasteiger partial charge in [-0.2, -0.15) is 0 Å². The summed E-state index contributed by atoms with van der Waals surface area (Å²) in [6, 6.07) is 13.5. The summed E-state index contributed by atoms with van der Waals surface area (Å²) < 4.78 is 1.66. The number of thiazole rings is 1. The van der Waals surface area contributed by atoms with Crippen LogP contribution in [-0.2, 0) is 6.54 Å². The number of amides is 1.